The molecule has 8 nitrogen and oxygen atoms in total. The molecule has 1 fully saturated rings. The maximum Gasteiger partial charge on any atom is 0.473 e. The lowest BCUT2D eigenvalue weighted by molar-refractivity contribution is -0.169. The third-order valence-corrected chi connectivity index (χ3v) is 6.20. The first-order valence-electron chi connectivity index (χ1n) is 10.8. The Morgan fingerprint density at radius 1 is 1.03 bits per heavy atom. The van der Waals surface area contributed by atoms with Crippen LogP contribution in [0.1, 0.15) is 35.2 Å². The van der Waals surface area contributed by atoms with Gasteiger partial charge in [0.2, 0.25) is 0 Å². The van der Waals surface area contributed by atoms with Crippen molar-refractivity contribution in [3.8, 4) is 0 Å². The molecule has 2 aromatic carbocycles. The van der Waals surface area contributed by atoms with Crippen LogP contribution >= 0.6 is 23.2 Å². The Morgan fingerprint density at radius 2 is 1.69 bits per heavy atom. The zero-order valence-corrected chi connectivity index (χ0v) is 20.3. The monoisotopic (exact) mass is 543 g/mol. The van der Waals surface area contributed by atoms with Crippen LogP contribution in [0, 0.1) is 0 Å². The highest BCUT2D eigenvalue weighted by Gasteiger charge is 2.38. The second-order valence-corrected chi connectivity index (χ2v) is 8.80. The van der Waals surface area contributed by atoms with Crippen molar-refractivity contribution in [1.29, 1.82) is 0 Å². The second-order valence-electron chi connectivity index (χ2n) is 7.99. The van der Waals surface area contributed by atoms with Crippen LogP contribution < -0.4 is 16.4 Å². The molecule has 2 aromatic rings. The van der Waals surface area contributed by atoms with E-state index in [4.69, 9.17) is 28.9 Å². The molecule has 1 aliphatic rings. The van der Waals surface area contributed by atoms with Gasteiger partial charge in [0.15, 0.2) is 0 Å². The first-order valence-corrected chi connectivity index (χ1v) is 11.6. The molecule has 0 radical (unpaired) electrons. The summed E-state index contributed by atoms with van der Waals surface area (Å²) in [5.74, 6) is -3.25. The van der Waals surface area contributed by atoms with E-state index in [-0.39, 0.29) is 29.1 Å². The van der Waals surface area contributed by atoms with Gasteiger partial charge in [0, 0.05) is 29.9 Å². The van der Waals surface area contributed by atoms with Gasteiger partial charge in [-0.3, -0.25) is 9.59 Å². The number of amidine groups is 1. The number of nitrogens with zero attached hydrogens (tertiary/aromatic N) is 2. The molecule has 0 aliphatic carbocycles. The molecular formula is C23H22Cl2F3N5O3. The third kappa shape index (κ3) is 7.11. The number of anilines is 1. The number of amides is 4. The van der Waals surface area contributed by atoms with Crippen molar-refractivity contribution < 1.29 is 27.6 Å². The van der Waals surface area contributed by atoms with E-state index < -0.39 is 24.0 Å². The van der Waals surface area contributed by atoms with Crippen LogP contribution in [0.25, 0.3) is 0 Å². The van der Waals surface area contributed by atoms with Crippen molar-refractivity contribution in [2.24, 2.45) is 10.7 Å². The van der Waals surface area contributed by atoms with Crippen LogP contribution in [0.5, 0.6) is 0 Å². The fourth-order valence-electron chi connectivity index (χ4n) is 3.59. The van der Waals surface area contributed by atoms with Crippen molar-refractivity contribution in [3.05, 3.63) is 63.6 Å². The van der Waals surface area contributed by atoms with E-state index >= 15 is 0 Å². The van der Waals surface area contributed by atoms with Gasteiger partial charge in [-0.2, -0.15) is 18.2 Å². The minimum Gasteiger partial charge on any atom is -0.383 e. The predicted octanol–water partition coefficient (Wildman–Crippen LogP) is 4.60. The largest absolute Gasteiger partial charge is 0.473 e. The topological polar surface area (TPSA) is 117 Å². The number of nitrogens with one attached hydrogen (secondary N) is 2. The van der Waals surface area contributed by atoms with Crippen molar-refractivity contribution in [2.45, 2.75) is 31.5 Å². The van der Waals surface area contributed by atoms with Crippen molar-refractivity contribution in [2.75, 3.05) is 18.4 Å². The number of rotatable bonds is 5. The number of halogens is 5. The number of benzene rings is 2. The molecule has 1 unspecified atom stereocenters. The standard InChI is InChI=1S/C23H22Cl2F3N5O3/c24-17-9-6-14(11-18(17)25)20(34)30-12-16-3-1-2-10-33(16)22(36)31-15-7-4-13(5-8-15)19(29)32-21(35)23(26,27)28/h4-9,11,16H,1-3,10,12H2,(H,30,34)(H,31,36)(H2,29,32,35). The van der Waals surface area contributed by atoms with Gasteiger partial charge >= 0.3 is 18.1 Å². The van der Waals surface area contributed by atoms with Crippen LogP contribution in [0.2, 0.25) is 10.0 Å². The lowest BCUT2D eigenvalue weighted by Crippen LogP contribution is -2.50. The summed E-state index contributed by atoms with van der Waals surface area (Å²) in [5.41, 5.74) is 6.28. The highest BCUT2D eigenvalue weighted by molar-refractivity contribution is 6.42. The molecule has 0 aromatic heterocycles. The van der Waals surface area contributed by atoms with Gasteiger partial charge in [-0.05, 0) is 61.7 Å². The number of likely N-dealkylation sites (tertiary alicyclic amines) is 1. The van der Waals surface area contributed by atoms with E-state index in [0.717, 1.165) is 12.8 Å². The summed E-state index contributed by atoms with van der Waals surface area (Å²) in [4.78, 5) is 40.8. The number of aliphatic imine (C=N–C) groups is 1. The maximum atomic E-state index is 12.9. The second kappa shape index (κ2) is 11.6. The highest BCUT2D eigenvalue weighted by atomic mass is 35.5. The fourth-order valence-corrected chi connectivity index (χ4v) is 3.89. The summed E-state index contributed by atoms with van der Waals surface area (Å²) in [6, 6.07) is 9.42. The first kappa shape index (κ1) is 27.3. The van der Waals surface area contributed by atoms with Gasteiger partial charge in [0.05, 0.1) is 16.1 Å². The molecule has 4 N–H and O–H groups in total. The number of hydrogen-bond donors (Lipinski definition) is 3. The lowest BCUT2D eigenvalue weighted by atomic mass is 10.0. The number of carbonyl (C=O) groups excluding carboxylic acids is 3. The van der Waals surface area contributed by atoms with Gasteiger partial charge < -0.3 is 21.3 Å². The minimum atomic E-state index is -5.12. The van der Waals surface area contributed by atoms with Crippen LogP contribution in [0.4, 0.5) is 23.7 Å². The summed E-state index contributed by atoms with van der Waals surface area (Å²) in [6.45, 7) is 0.710. The molecule has 36 heavy (non-hydrogen) atoms. The average Bonchev–Trinajstić information content (AvgIpc) is 2.84. The maximum absolute atomic E-state index is 12.9. The Hall–Kier alpha value is -3.31. The summed E-state index contributed by atoms with van der Waals surface area (Å²) >= 11 is 11.9. The van der Waals surface area contributed by atoms with E-state index in [1.165, 1.54) is 36.4 Å². The molecule has 1 atom stereocenters. The molecule has 13 heteroatoms. The first-order chi connectivity index (χ1) is 17.0. The normalized spacial score (nSPS) is 16.4. The van der Waals surface area contributed by atoms with E-state index in [2.05, 4.69) is 15.6 Å². The quantitative estimate of drug-likeness (QED) is 0.377. The molecular weight excluding hydrogens is 522 g/mol. The number of alkyl halides is 3. The highest BCUT2D eigenvalue weighted by Crippen LogP contribution is 2.23. The average molecular weight is 544 g/mol. The van der Waals surface area contributed by atoms with E-state index in [1.807, 2.05) is 0 Å². The van der Waals surface area contributed by atoms with Crippen molar-refractivity contribution in [1.82, 2.24) is 10.2 Å². The Morgan fingerprint density at radius 3 is 2.33 bits per heavy atom. The molecule has 4 amide bonds. The van der Waals surface area contributed by atoms with Gasteiger partial charge in [-0.25, -0.2) is 4.79 Å². The Labute approximate surface area is 214 Å². The van der Waals surface area contributed by atoms with Gasteiger partial charge in [-0.1, -0.05) is 23.2 Å². The molecule has 1 aliphatic heterocycles. The summed E-state index contributed by atoms with van der Waals surface area (Å²) < 4.78 is 37.1. The van der Waals surface area contributed by atoms with E-state index in [9.17, 15) is 27.6 Å². The van der Waals surface area contributed by atoms with Crippen LogP contribution in [0.15, 0.2) is 47.5 Å². The molecule has 0 spiro atoms. The molecule has 192 valence electrons. The number of nitrogens with two attached hydrogens (primary N) is 1. The third-order valence-electron chi connectivity index (χ3n) is 5.46. The fraction of sp³-hybridized carbons (Fsp3) is 0.304. The molecule has 0 saturated carbocycles. The van der Waals surface area contributed by atoms with E-state index in [1.54, 1.807) is 11.0 Å². The summed E-state index contributed by atoms with van der Waals surface area (Å²) in [5, 5.41) is 6.13. The Bertz CT molecular complexity index is 1170. The van der Waals surface area contributed by atoms with Crippen molar-refractivity contribution in [3.63, 3.8) is 0 Å². The van der Waals surface area contributed by atoms with Crippen LogP contribution in [-0.2, 0) is 4.79 Å². The minimum absolute atomic E-state index is 0.0893. The molecule has 3 rings (SSSR count). The molecule has 1 saturated heterocycles. The zero-order valence-electron chi connectivity index (χ0n) is 18.7. The molecule has 0 bridgehead atoms. The number of urea groups is 1. The van der Waals surface area contributed by atoms with Crippen molar-refractivity contribution >= 4 is 52.6 Å². The predicted molar refractivity (Wildman–Crippen MR) is 130 cm³/mol. The smallest absolute Gasteiger partial charge is 0.383 e. The Balaban J connectivity index is 1.61. The number of piperidine rings is 1. The summed E-state index contributed by atoms with van der Waals surface area (Å²) in [7, 11) is 0. The van der Waals surface area contributed by atoms with Crippen LogP contribution in [-0.4, -0.2) is 53.9 Å². The molecule has 1 heterocycles. The number of hydrogen-bond acceptors (Lipinski definition) is 3. The number of carbonyl (C=O) groups is 3. The SMILES string of the molecule is NC(=NC(=O)C(F)(F)F)c1ccc(NC(=O)N2CCCCC2CNC(=O)c2ccc(Cl)c(Cl)c2)cc1. The van der Waals surface area contributed by atoms with Gasteiger partial charge in [0.1, 0.15) is 5.84 Å². The zero-order chi connectivity index (χ0) is 26.5. The van der Waals surface area contributed by atoms with Gasteiger partial charge in [-0.15, -0.1) is 0 Å². The van der Waals surface area contributed by atoms with Crippen LogP contribution in [0.3, 0.4) is 0 Å². The summed E-state index contributed by atoms with van der Waals surface area (Å²) in [6.07, 6.45) is -2.75. The lowest BCUT2D eigenvalue weighted by Gasteiger charge is -2.35. The Kier molecular flexibility index (Phi) is 8.80. The van der Waals surface area contributed by atoms with Gasteiger partial charge in [0.25, 0.3) is 5.91 Å². The van der Waals surface area contributed by atoms with E-state index in [0.29, 0.717) is 29.2 Å².